The summed E-state index contributed by atoms with van der Waals surface area (Å²) in [5, 5.41) is 17.9. The van der Waals surface area contributed by atoms with Crippen LogP contribution in [0.5, 0.6) is 11.5 Å². The molecule has 0 aliphatic heterocycles. The molecule has 0 saturated heterocycles. The zero-order chi connectivity index (χ0) is 20.6. The summed E-state index contributed by atoms with van der Waals surface area (Å²) in [5.74, 6) is -3.18. The van der Waals surface area contributed by atoms with Crippen LogP contribution in [0.2, 0.25) is 0 Å². The number of ether oxygens (including phenoxy) is 2. The smallest absolute Gasteiger partial charge is 0.550 e. The number of hydrogen-bond acceptors (Lipinski definition) is 7. The Morgan fingerprint density at radius 2 is 1.61 bits per heavy atom. The number of azo groups is 1. The monoisotopic (exact) mass is 395 g/mol. The zero-order valence-electron chi connectivity index (χ0n) is 14.3. The van der Waals surface area contributed by atoms with Gasteiger partial charge in [-0.1, -0.05) is 24.3 Å². The molecule has 2 aromatic rings. The second-order valence-electron chi connectivity index (χ2n) is 5.39. The van der Waals surface area contributed by atoms with E-state index in [4.69, 9.17) is 4.74 Å². The van der Waals surface area contributed by atoms with Crippen LogP contribution in [0.4, 0.5) is 24.5 Å². The summed E-state index contributed by atoms with van der Waals surface area (Å²) < 4.78 is 46.9. The van der Waals surface area contributed by atoms with Crippen molar-refractivity contribution in [2.45, 2.75) is 25.6 Å². The Morgan fingerprint density at radius 3 is 2.25 bits per heavy atom. The van der Waals surface area contributed by atoms with Gasteiger partial charge in [-0.2, -0.15) is 5.11 Å². The number of nitrogens with zero attached hydrogens (tertiary/aromatic N) is 2. The van der Waals surface area contributed by atoms with E-state index >= 15 is 0 Å². The maximum absolute atomic E-state index is 12.7. The number of halogens is 3. The lowest BCUT2D eigenvalue weighted by atomic mass is 10.2. The second kappa shape index (κ2) is 9.49. The first-order valence-corrected chi connectivity index (χ1v) is 8.00. The van der Waals surface area contributed by atoms with Crippen LogP contribution in [-0.4, -0.2) is 18.3 Å². The SMILES string of the molecule is O=C([O-])CCCC(=O)Oc1cccc(OC(F)(F)F)c1N=Nc1ccccc1. The van der Waals surface area contributed by atoms with E-state index in [1.54, 1.807) is 30.3 Å². The van der Waals surface area contributed by atoms with Crippen LogP contribution >= 0.6 is 0 Å². The first kappa shape index (κ1) is 20.9. The number of aliphatic carboxylic acids is 1. The Hall–Kier alpha value is -3.43. The van der Waals surface area contributed by atoms with Crippen LogP contribution in [0.25, 0.3) is 0 Å². The van der Waals surface area contributed by atoms with E-state index in [1.807, 2.05) is 0 Å². The molecule has 0 aromatic heterocycles. The summed E-state index contributed by atoms with van der Waals surface area (Å²) in [5.41, 5.74) is -0.0764. The molecule has 0 N–H and O–H groups in total. The van der Waals surface area contributed by atoms with Crippen LogP contribution in [0.1, 0.15) is 19.3 Å². The molecule has 2 rings (SSSR count). The third-order valence-electron chi connectivity index (χ3n) is 3.19. The molecule has 7 nitrogen and oxygen atoms in total. The van der Waals surface area contributed by atoms with Crippen molar-refractivity contribution in [2.24, 2.45) is 10.2 Å². The molecule has 0 heterocycles. The van der Waals surface area contributed by atoms with Crippen molar-refractivity contribution < 1.29 is 37.3 Å². The molecule has 0 radical (unpaired) electrons. The van der Waals surface area contributed by atoms with Gasteiger partial charge in [0.1, 0.15) is 0 Å². The van der Waals surface area contributed by atoms with Gasteiger partial charge in [0, 0.05) is 12.4 Å². The number of carbonyl (C=O) groups is 2. The van der Waals surface area contributed by atoms with E-state index in [9.17, 15) is 27.9 Å². The van der Waals surface area contributed by atoms with Gasteiger partial charge in [0.15, 0.2) is 17.2 Å². The molecule has 148 valence electrons. The lowest BCUT2D eigenvalue weighted by Gasteiger charge is -2.13. The molecule has 0 saturated carbocycles. The molecular weight excluding hydrogens is 381 g/mol. The van der Waals surface area contributed by atoms with Gasteiger partial charge in [0.05, 0.1) is 5.69 Å². The Bertz CT molecular complexity index is 854. The quantitative estimate of drug-likeness (QED) is 0.384. The van der Waals surface area contributed by atoms with E-state index < -0.39 is 29.7 Å². The highest BCUT2D eigenvalue weighted by Crippen LogP contribution is 2.41. The van der Waals surface area contributed by atoms with Crippen molar-refractivity contribution in [3.8, 4) is 11.5 Å². The number of carboxylic acid groups (broad SMARTS) is 1. The molecule has 0 spiro atoms. The first-order valence-electron chi connectivity index (χ1n) is 8.00. The van der Waals surface area contributed by atoms with Crippen LogP contribution in [0, 0.1) is 0 Å². The number of esters is 1. The molecule has 0 bridgehead atoms. The van der Waals surface area contributed by atoms with Crippen molar-refractivity contribution in [3.05, 3.63) is 48.5 Å². The van der Waals surface area contributed by atoms with E-state index in [-0.39, 0.29) is 25.0 Å². The Balaban J connectivity index is 2.27. The van der Waals surface area contributed by atoms with Gasteiger partial charge in [-0.15, -0.1) is 18.3 Å². The van der Waals surface area contributed by atoms with Crippen molar-refractivity contribution in [2.75, 3.05) is 0 Å². The minimum absolute atomic E-state index is 0.0409. The highest BCUT2D eigenvalue weighted by Gasteiger charge is 2.33. The number of alkyl halides is 3. The van der Waals surface area contributed by atoms with E-state index in [0.717, 1.165) is 6.07 Å². The molecule has 0 unspecified atom stereocenters. The standard InChI is InChI=1S/C18H15F3N2O5/c19-18(20,21)28-14-9-4-8-13(27-16(26)11-5-10-15(24)25)17(14)23-22-12-6-2-1-3-7-12/h1-4,6-9H,5,10-11H2,(H,24,25)/p-1. The van der Waals surface area contributed by atoms with E-state index in [2.05, 4.69) is 15.0 Å². The molecule has 0 aliphatic rings. The molecule has 0 atom stereocenters. The fourth-order valence-electron chi connectivity index (χ4n) is 2.04. The van der Waals surface area contributed by atoms with Gasteiger partial charge in [0.25, 0.3) is 0 Å². The minimum Gasteiger partial charge on any atom is -0.550 e. The Labute approximate surface area is 157 Å². The van der Waals surface area contributed by atoms with E-state index in [0.29, 0.717) is 5.69 Å². The van der Waals surface area contributed by atoms with Crippen molar-refractivity contribution >= 4 is 23.3 Å². The predicted octanol–water partition coefficient (Wildman–Crippen LogP) is 3.83. The predicted molar refractivity (Wildman–Crippen MR) is 88.2 cm³/mol. The average Bonchev–Trinajstić information content (AvgIpc) is 2.60. The number of hydrogen-bond donors (Lipinski definition) is 0. The number of rotatable bonds is 8. The summed E-state index contributed by atoms with van der Waals surface area (Å²) >= 11 is 0. The minimum atomic E-state index is -4.99. The highest BCUT2D eigenvalue weighted by molar-refractivity contribution is 5.76. The molecule has 28 heavy (non-hydrogen) atoms. The van der Waals surface area contributed by atoms with Gasteiger partial charge in [-0.3, -0.25) is 4.79 Å². The molecule has 10 heteroatoms. The Morgan fingerprint density at radius 1 is 0.929 bits per heavy atom. The molecular formula is C18H14F3N2O5-. The third-order valence-corrected chi connectivity index (χ3v) is 3.19. The normalized spacial score (nSPS) is 11.4. The van der Waals surface area contributed by atoms with Crippen LogP contribution in [0.3, 0.4) is 0 Å². The Kier molecular flexibility index (Phi) is 7.08. The highest BCUT2D eigenvalue weighted by atomic mass is 19.4. The van der Waals surface area contributed by atoms with Gasteiger partial charge in [-0.05, 0) is 37.1 Å². The zero-order valence-corrected chi connectivity index (χ0v) is 14.3. The first-order chi connectivity index (χ1) is 13.2. The van der Waals surface area contributed by atoms with Gasteiger partial charge < -0.3 is 19.4 Å². The van der Waals surface area contributed by atoms with Crippen molar-refractivity contribution in [3.63, 3.8) is 0 Å². The van der Waals surface area contributed by atoms with Crippen LogP contribution in [0.15, 0.2) is 58.8 Å². The van der Waals surface area contributed by atoms with Gasteiger partial charge in [-0.25, -0.2) is 0 Å². The van der Waals surface area contributed by atoms with Gasteiger partial charge >= 0.3 is 12.3 Å². The fraction of sp³-hybridized carbons (Fsp3) is 0.222. The second-order valence-corrected chi connectivity index (χ2v) is 5.39. The maximum atomic E-state index is 12.7. The summed E-state index contributed by atoms with van der Waals surface area (Å²) in [6.07, 6.45) is -5.66. The average molecular weight is 395 g/mol. The summed E-state index contributed by atoms with van der Waals surface area (Å²) in [6, 6.07) is 11.6. The van der Waals surface area contributed by atoms with Crippen molar-refractivity contribution in [1.82, 2.24) is 0 Å². The maximum Gasteiger partial charge on any atom is 0.573 e. The van der Waals surface area contributed by atoms with Crippen LogP contribution < -0.4 is 14.6 Å². The molecule has 0 fully saturated rings. The van der Waals surface area contributed by atoms with Gasteiger partial charge in [0.2, 0.25) is 0 Å². The lowest BCUT2D eigenvalue weighted by Crippen LogP contribution is -2.22. The summed E-state index contributed by atoms with van der Waals surface area (Å²) in [6.45, 7) is 0. The largest absolute Gasteiger partial charge is 0.573 e. The molecule has 0 amide bonds. The van der Waals surface area contributed by atoms with Crippen molar-refractivity contribution in [1.29, 1.82) is 0 Å². The third kappa shape index (κ3) is 7.06. The number of carbonyl (C=O) groups excluding carboxylic acids is 2. The fourth-order valence-corrected chi connectivity index (χ4v) is 2.04. The molecule has 2 aromatic carbocycles. The summed E-state index contributed by atoms with van der Waals surface area (Å²) in [4.78, 5) is 22.2. The van der Waals surface area contributed by atoms with E-state index in [1.165, 1.54) is 12.1 Å². The topological polar surface area (TPSA) is 100 Å². The van der Waals surface area contributed by atoms with Crippen LogP contribution in [-0.2, 0) is 9.59 Å². The molecule has 0 aliphatic carbocycles. The number of carboxylic acids is 1. The summed E-state index contributed by atoms with van der Waals surface area (Å²) in [7, 11) is 0. The lowest BCUT2D eigenvalue weighted by molar-refractivity contribution is -0.305. The number of benzene rings is 2.